The van der Waals surface area contributed by atoms with E-state index in [9.17, 15) is 4.79 Å². The van der Waals surface area contributed by atoms with Crippen molar-refractivity contribution < 1.29 is 9.53 Å². The molecule has 0 radical (unpaired) electrons. The van der Waals surface area contributed by atoms with E-state index in [-0.39, 0.29) is 11.7 Å². The van der Waals surface area contributed by atoms with E-state index in [4.69, 9.17) is 16.3 Å². The van der Waals surface area contributed by atoms with E-state index in [1.54, 1.807) is 18.2 Å². The second-order valence-corrected chi connectivity index (χ2v) is 9.33. The van der Waals surface area contributed by atoms with Gasteiger partial charge in [-0.05, 0) is 64.7 Å². The highest BCUT2D eigenvalue weighted by atomic mass is 79.9. The Morgan fingerprint density at radius 3 is 2.61 bits per heavy atom. The largest absolute Gasteiger partial charge is 0.486 e. The highest BCUT2D eigenvalue weighted by Crippen LogP contribution is 2.26. The van der Waals surface area contributed by atoms with E-state index in [0.29, 0.717) is 34.9 Å². The second kappa shape index (κ2) is 11.0. The maximum Gasteiger partial charge on any atom is 0.234 e. The van der Waals surface area contributed by atoms with Crippen molar-refractivity contribution in [1.29, 1.82) is 0 Å². The average Bonchev–Trinajstić information content (AvgIpc) is 3.15. The summed E-state index contributed by atoms with van der Waals surface area (Å²) in [6.07, 6.45) is 0. The molecule has 31 heavy (non-hydrogen) atoms. The zero-order valence-electron chi connectivity index (χ0n) is 17.6. The normalized spacial score (nSPS) is 11.0. The molecule has 0 aliphatic heterocycles. The van der Waals surface area contributed by atoms with Crippen LogP contribution in [0.2, 0.25) is 5.02 Å². The monoisotopic (exact) mass is 522 g/mol. The molecule has 0 aliphatic rings. The van der Waals surface area contributed by atoms with E-state index in [1.807, 2.05) is 23.6 Å². The number of halogens is 2. The average molecular weight is 524 g/mol. The number of thioether (sulfide) groups is 1. The fourth-order valence-electron chi connectivity index (χ4n) is 2.85. The van der Waals surface area contributed by atoms with Crippen LogP contribution in [0.3, 0.4) is 0 Å². The van der Waals surface area contributed by atoms with Gasteiger partial charge >= 0.3 is 0 Å². The number of aromatic nitrogens is 3. The number of rotatable bonds is 9. The van der Waals surface area contributed by atoms with E-state index in [2.05, 4.69) is 57.4 Å². The zero-order chi connectivity index (χ0) is 22.4. The fourth-order valence-corrected chi connectivity index (χ4v) is 4.10. The van der Waals surface area contributed by atoms with Crippen molar-refractivity contribution in [3.8, 4) is 5.75 Å². The molecule has 1 aromatic heterocycles. The van der Waals surface area contributed by atoms with Crippen LogP contribution in [0.15, 0.2) is 52.1 Å². The van der Waals surface area contributed by atoms with Gasteiger partial charge in [0.15, 0.2) is 11.0 Å². The summed E-state index contributed by atoms with van der Waals surface area (Å²) in [4.78, 5) is 12.3. The number of benzene rings is 2. The number of nitrogens with one attached hydrogen (secondary N) is 1. The number of nitrogens with zero attached hydrogens (tertiary/aromatic N) is 3. The van der Waals surface area contributed by atoms with Crippen molar-refractivity contribution in [1.82, 2.24) is 14.8 Å². The van der Waals surface area contributed by atoms with Gasteiger partial charge in [-0.2, -0.15) is 0 Å². The van der Waals surface area contributed by atoms with Crippen LogP contribution in [0, 0.1) is 0 Å². The van der Waals surface area contributed by atoms with Crippen LogP contribution in [-0.2, 0) is 17.9 Å². The predicted molar refractivity (Wildman–Crippen MR) is 129 cm³/mol. The molecule has 0 unspecified atom stereocenters. The molecule has 1 amide bonds. The lowest BCUT2D eigenvalue weighted by Gasteiger charge is -2.10. The van der Waals surface area contributed by atoms with Crippen molar-refractivity contribution in [2.24, 2.45) is 0 Å². The molecule has 0 saturated heterocycles. The summed E-state index contributed by atoms with van der Waals surface area (Å²) in [7, 11) is 0. The van der Waals surface area contributed by atoms with Crippen molar-refractivity contribution in [3.05, 3.63) is 63.3 Å². The van der Waals surface area contributed by atoms with Gasteiger partial charge in [0.05, 0.1) is 10.8 Å². The summed E-state index contributed by atoms with van der Waals surface area (Å²) in [5.74, 6) is 2.06. The first-order valence-electron chi connectivity index (χ1n) is 9.90. The molecule has 0 fully saturated rings. The zero-order valence-corrected chi connectivity index (χ0v) is 20.7. The molecule has 3 rings (SSSR count). The number of hydrogen-bond acceptors (Lipinski definition) is 5. The van der Waals surface area contributed by atoms with Crippen LogP contribution in [0.1, 0.15) is 38.1 Å². The molecule has 2 aromatic carbocycles. The minimum absolute atomic E-state index is 0.142. The lowest BCUT2D eigenvalue weighted by molar-refractivity contribution is -0.113. The number of carbonyl (C=O) groups is 1. The van der Waals surface area contributed by atoms with Gasteiger partial charge in [0.1, 0.15) is 12.4 Å². The minimum atomic E-state index is -0.142. The summed E-state index contributed by atoms with van der Waals surface area (Å²) < 4.78 is 8.62. The SMILES string of the molecule is CCn1c(COc2ccc(C(C)C)cc2)nnc1SCC(=O)Nc1ccc(Br)c(Cl)c1. The van der Waals surface area contributed by atoms with Gasteiger partial charge in [-0.1, -0.05) is 49.3 Å². The van der Waals surface area contributed by atoms with Crippen molar-refractivity contribution >= 4 is 50.9 Å². The Morgan fingerprint density at radius 2 is 1.97 bits per heavy atom. The van der Waals surface area contributed by atoms with Gasteiger partial charge in [-0.25, -0.2) is 0 Å². The minimum Gasteiger partial charge on any atom is -0.486 e. The molecular formula is C22H24BrClN4O2S. The maximum atomic E-state index is 12.3. The van der Waals surface area contributed by atoms with Crippen LogP contribution < -0.4 is 10.1 Å². The lowest BCUT2D eigenvalue weighted by atomic mass is 10.0. The molecule has 1 heterocycles. The van der Waals surface area contributed by atoms with Gasteiger partial charge in [0, 0.05) is 16.7 Å². The Morgan fingerprint density at radius 1 is 1.23 bits per heavy atom. The Labute approximate surface area is 199 Å². The van der Waals surface area contributed by atoms with E-state index < -0.39 is 0 Å². The molecular weight excluding hydrogens is 500 g/mol. The van der Waals surface area contributed by atoms with Crippen LogP contribution in [0.5, 0.6) is 5.75 Å². The summed E-state index contributed by atoms with van der Waals surface area (Å²) in [5.41, 5.74) is 1.92. The van der Waals surface area contributed by atoms with Gasteiger partial charge in [0.25, 0.3) is 0 Å². The third kappa shape index (κ3) is 6.48. The fraction of sp³-hybridized carbons (Fsp3) is 0.318. The molecule has 164 valence electrons. The first-order valence-corrected chi connectivity index (χ1v) is 12.1. The number of anilines is 1. The van der Waals surface area contributed by atoms with E-state index in [0.717, 1.165) is 16.0 Å². The summed E-state index contributed by atoms with van der Waals surface area (Å²) in [5, 5.41) is 12.5. The highest BCUT2D eigenvalue weighted by Gasteiger charge is 2.14. The van der Waals surface area contributed by atoms with Gasteiger partial charge in [-0.3, -0.25) is 4.79 Å². The summed E-state index contributed by atoms with van der Waals surface area (Å²) in [6.45, 7) is 7.33. The Hall–Kier alpha value is -2.03. The van der Waals surface area contributed by atoms with Gasteiger partial charge in [0.2, 0.25) is 5.91 Å². The highest BCUT2D eigenvalue weighted by molar-refractivity contribution is 9.10. The Balaban J connectivity index is 1.56. The molecule has 6 nitrogen and oxygen atoms in total. The molecule has 0 aliphatic carbocycles. The molecule has 0 bridgehead atoms. The third-order valence-corrected chi connectivity index (χ3v) is 6.76. The molecule has 3 aromatic rings. The van der Waals surface area contributed by atoms with Crippen molar-refractivity contribution in [2.45, 2.75) is 45.0 Å². The van der Waals surface area contributed by atoms with Crippen molar-refractivity contribution in [2.75, 3.05) is 11.1 Å². The van der Waals surface area contributed by atoms with E-state index in [1.165, 1.54) is 17.3 Å². The first kappa shape index (κ1) is 23.6. The topological polar surface area (TPSA) is 69.0 Å². The van der Waals surface area contributed by atoms with Crippen LogP contribution >= 0.6 is 39.3 Å². The number of ether oxygens (including phenoxy) is 1. The van der Waals surface area contributed by atoms with Crippen molar-refractivity contribution in [3.63, 3.8) is 0 Å². The lowest BCUT2D eigenvalue weighted by Crippen LogP contribution is -2.15. The molecule has 0 atom stereocenters. The molecule has 0 saturated carbocycles. The third-order valence-electron chi connectivity index (χ3n) is 4.56. The number of hydrogen-bond donors (Lipinski definition) is 1. The van der Waals surface area contributed by atoms with Crippen LogP contribution in [0.4, 0.5) is 5.69 Å². The summed E-state index contributed by atoms with van der Waals surface area (Å²) >= 11 is 10.7. The van der Waals surface area contributed by atoms with Crippen LogP contribution in [-0.4, -0.2) is 26.4 Å². The summed E-state index contributed by atoms with van der Waals surface area (Å²) in [6, 6.07) is 13.4. The quantitative estimate of drug-likeness (QED) is 0.341. The standard InChI is InChI=1S/C22H24BrClN4O2S/c1-4-28-20(12-30-17-8-5-15(6-9-17)14(2)3)26-27-22(28)31-13-21(29)25-16-7-10-18(23)19(24)11-16/h5-11,14H,4,12-13H2,1-3H3,(H,25,29). The molecule has 0 spiro atoms. The Kier molecular flexibility index (Phi) is 8.40. The smallest absolute Gasteiger partial charge is 0.234 e. The first-order chi connectivity index (χ1) is 14.9. The van der Waals surface area contributed by atoms with Crippen LogP contribution in [0.25, 0.3) is 0 Å². The number of carbonyl (C=O) groups excluding carboxylic acids is 1. The predicted octanol–water partition coefficient (Wildman–Crippen LogP) is 6.15. The van der Waals surface area contributed by atoms with E-state index >= 15 is 0 Å². The second-order valence-electron chi connectivity index (χ2n) is 7.12. The molecule has 1 N–H and O–H groups in total. The molecule has 9 heteroatoms. The van der Waals surface area contributed by atoms with Gasteiger partial charge in [-0.15, -0.1) is 10.2 Å². The number of amides is 1. The van der Waals surface area contributed by atoms with Gasteiger partial charge < -0.3 is 14.6 Å². The Bertz CT molecular complexity index is 1040. The maximum absolute atomic E-state index is 12.3.